The standard InChI is InChI=1S/C17H22FN5O/c1-2-22(10-11-23-9-3-8-19-23)17(24)16-12-15(20-21-16)13-4-6-14(18)7-5-13/h3-9,15-16,20-21H,2,10-12H2,1H3. The number of likely N-dealkylation sites (N-methyl/N-ethyl adjacent to an activating group) is 1. The Morgan fingerprint density at radius 3 is 2.83 bits per heavy atom. The number of nitrogens with zero attached hydrogens (tertiary/aromatic N) is 3. The molecule has 1 aliphatic rings. The van der Waals surface area contributed by atoms with Crippen molar-refractivity contribution in [2.24, 2.45) is 0 Å². The van der Waals surface area contributed by atoms with Crippen LogP contribution in [0.3, 0.4) is 0 Å². The summed E-state index contributed by atoms with van der Waals surface area (Å²) < 4.78 is 14.8. The molecule has 128 valence electrons. The first-order valence-corrected chi connectivity index (χ1v) is 8.20. The van der Waals surface area contributed by atoms with Gasteiger partial charge in [0.25, 0.3) is 0 Å². The maximum Gasteiger partial charge on any atom is 0.241 e. The Bertz CT molecular complexity index is 658. The van der Waals surface area contributed by atoms with Gasteiger partial charge >= 0.3 is 0 Å². The van der Waals surface area contributed by atoms with E-state index in [4.69, 9.17) is 0 Å². The first kappa shape index (κ1) is 16.6. The molecule has 2 atom stereocenters. The van der Waals surface area contributed by atoms with Crippen LogP contribution in [0.1, 0.15) is 24.9 Å². The summed E-state index contributed by atoms with van der Waals surface area (Å²) >= 11 is 0. The topological polar surface area (TPSA) is 62.2 Å². The molecule has 3 rings (SSSR count). The number of aromatic nitrogens is 2. The third kappa shape index (κ3) is 3.80. The van der Waals surface area contributed by atoms with E-state index in [0.717, 1.165) is 5.56 Å². The quantitative estimate of drug-likeness (QED) is 0.842. The fraction of sp³-hybridized carbons (Fsp3) is 0.412. The highest BCUT2D eigenvalue weighted by Crippen LogP contribution is 2.23. The van der Waals surface area contributed by atoms with E-state index in [1.165, 1.54) is 12.1 Å². The molecule has 2 N–H and O–H groups in total. The second kappa shape index (κ2) is 7.55. The summed E-state index contributed by atoms with van der Waals surface area (Å²) in [6, 6.07) is 7.96. The first-order valence-electron chi connectivity index (χ1n) is 8.20. The summed E-state index contributed by atoms with van der Waals surface area (Å²) in [5.74, 6) is -0.185. The van der Waals surface area contributed by atoms with E-state index < -0.39 is 0 Å². The Morgan fingerprint density at radius 2 is 2.17 bits per heavy atom. The molecule has 0 spiro atoms. The summed E-state index contributed by atoms with van der Waals surface area (Å²) in [4.78, 5) is 14.5. The van der Waals surface area contributed by atoms with Crippen molar-refractivity contribution in [1.82, 2.24) is 25.5 Å². The number of hydrazine groups is 1. The van der Waals surface area contributed by atoms with Gasteiger partial charge in [0.15, 0.2) is 0 Å². The summed E-state index contributed by atoms with van der Waals surface area (Å²) in [5.41, 5.74) is 7.18. The normalized spacial score (nSPS) is 20.2. The predicted molar refractivity (Wildman–Crippen MR) is 88.3 cm³/mol. The van der Waals surface area contributed by atoms with Gasteiger partial charge in [0.05, 0.1) is 6.54 Å². The van der Waals surface area contributed by atoms with E-state index in [1.54, 1.807) is 18.3 Å². The minimum atomic E-state index is -0.280. The number of amides is 1. The molecule has 0 aliphatic carbocycles. The molecule has 2 unspecified atom stereocenters. The van der Waals surface area contributed by atoms with Crippen molar-refractivity contribution < 1.29 is 9.18 Å². The van der Waals surface area contributed by atoms with Crippen molar-refractivity contribution in [3.8, 4) is 0 Å². The Hall–Kier alpha value is -2.25. The van der Waals surface area contributed by atoms with Crippen molar-refractivity contribution in [2.45, 2.75) is 32.0 Å². The summed E-state index contributed by atoms with van der Waals surface area (Å²) in [6.45, 7) is 3.92. The van der Waals surface area contributed by atoms with Crippen LogP contribution >= 0.6 is 0 Å². The first-order chi connectivity index (χ1) is 11.7. The number of hydrogen-bond donors (Lipinski definition) is 2. The zero-order valence-electron chi connectivity index (χ0n) is 13.7. The minimum absolute atomic E-state index is 0.00405. The van der Waals surface area contributed by atoms with Gasteiger partial charge in [-0.3, -0.25) is 9.48 Å². The maximum atomic E-state index is 13.0. The highest BCUT2D eigenvalue weighted by Gasteiger charge is 2.32. The lowest BCUT2D eigenvalue weighted by Gasteiger charge is -2.24. The lowest BCUT2D eigenvalue weighted by atomic mass is 10.0. The third-order valence-corrected chi connectivity index (χ3v) is 4.33. The molecule has 1 aromatic carbocycles. The van der Waals surface area contributed by atoms with Crippen molar-refractivity contribution in [1.29, 1.82) is 0 Å². The number of rotatable bonds is 6. The van der Waals surface area contributed by atoms with E-state index in [1.807, 2.05) is 28.8 Å². The second-order valence-corrected chi connectivity index (χ2v) is 5.87. The molecule has 1 saturated heterocycles. The van der Waals surface area contributed by atoms with Crippen LogP contribution in [-0.2, 0) is 11.3 Å². The van der Waals surface area contributed by atoms with E-state index in [-0.39, 0.29) is 23.8 Å². The van der Waals surface area contributed by atoms with Crippen molar-refractivity contribution >= 4 is 5.91 Å². The molecule has 2 heterocycles. The second-order valence-electron chi connectivity index (χ2n) is 5.87. The predicted octanol–water partition coefficient (Wildman–Crippen LogP) is 1.48. The van der Waals surface area contributed by atoms with E-state index in [0.29, 0.717) is 26.1 Å². The highest BCUT2D eigenvalue weighted by molar-refractivity contribution is 5.82. The molecule has 24 heavy (non-hydrogen) atoms. The van der Waals surface area contributed by atoms with Gasteiger partial charge in [-0.05, 0) is 37.1 Å². The summed E-state index contributed by atoms with van der Waals surface area (Å²) in [6.07, 6.45) is 4.26. The van der Waals surface area contributed by atoms with Crippen LogP contribution in [0.4, 0.5) is 4.39 Å². The third-order valence-electron chi connectivity index (χ3n) is 4.33. The van der Waals surface area contributed by atoms with Crippen molar-refractivity contribution in [2.75, 3.05) is 13.1 Å². The Labute approximate surface area is 140 Å². The van der Waals surface area contributed by atoms with Gasteiger partial charge in [-0.15, -0.1) is 0 Å². The minimum Gasteiger partial charge on any atom is -0.340 e. The van der Waals surface area contributed by atoms with Crippen LogP contribution in [0.25, 0.3) is 0 Å². The Kier molecular flexibility index (Phi) is 5.22. The van der Waals surface area contributed by atoms with Gasteiger partial charge in [-0.2, -0.15) is 5.10 Å². The molecular formula is C17H22FN5O. The monoisotopic (exact) mass is 331 g/mol. The Balaban J connectivity index is 1.57. The van der Waals surface area contributed by atoms with Crippen LogP contribution in [0.2, 0.25) is 0 Å². The van der Waals surface area contributed by atoms with Crippen molar-refractivity contribution in [3.63, 3.8) is 0 Å². The average Bonchev–Trinajstić information content (AvgIpc) is 3.27. The number of benzene rings is 1. The van der Waals surface area contributed by atoms with Crippen molar-refractivity contribution in [3.05, 3.63) is 54.1 Å². The van der Waals surface area contributed by atoms with Gasteiger partial charge in [-0.1, -0.05) is 12.1 Å². The lowest BCUT2D eigenvalue weighted by Crippen LogP contribution is -2.46. The fourth-order valence-corrected chi connectivity index (χ4v) is 2.93. The molecular weight excluding hydrogens is 309 g/mol. The molecule has 1 aromatic heterocycles. The van der Waals surface area contributed by atoms with Crippen LogP contribution in [0, 0.1) is 5.82 Å². The molecule has 1 amide bonds. The molecule has 1 fully saturated rings. The number of hydrogen-bond acceptors (Lipinski definition) is 4. The maximum absolute atomic E-state index is 13.0. The van der Waals surface area contributed by atoms with E-state index >= 15 is 0 Å². The molecule has 0 radical (unpaired) electrons. The zero-order chi connectivity index (χ0) is 16.9. The number of carbonyl (C=O) groups is 1. The summed E-state index contributed by atoms with van der Waals surface area (Å²) in [7, 11) is 0. The molecule has 7 heteroatoms. The molecule has 6 nitrogen and oxygen atoms in total. The SMILES string of the molecule is CCN(CCn1cccn1)C(=O)C1CC(c2ccc(F)cc2)NN1. The highest BCUT2D eigenvalue weighted by atomic mass is 19.1. The number of nitrogens with one attached hydrogen (secondary N) is 2. The average molecular weight is 331 g/mol. The van der Waals surface area contributed by atoms with Gasteiger partial charge in [0.1, 0.15) is 11.9 Å². The van der Waals surface area contributed by atoms with Gasteiger partial charge in [-0.25, -0.2) is 15.2 Å². The fourth-order valence-electron chi connectivity index (χ4n) is 2.93. The van der Waals surface area contributed by atoms with Gasteiger partial charge < -0.3 is 4.90 Å². The largest absolute Gasteiger partial charge is 0.340 e. The lowest BCUT2D eigenvalue weighted by molar-refractivity contribution is -0.133. The molecule has 0 saturated carbocycles. The number of carbonyl (C=O) groups excluding carboxylic acids is 1. The van der Waals surface area contributed by atoms with Crippen LogP contribution in [0.15, 0.2) is 42.7 Å². The molecule has 1 aliphatic heterocycles. The van der Waals surface area contributed by atoms with Crippen LogP contribution < -0.4 is 10.9 Å². The van der Waals surface area contributed by atoms with Gasteiger partial charge in [0, 0.05) is 31.5 Å². The number of halogens is 1. The smallest absolute Gasteiger partial charge is 0.241 e. The van der Waals surface area contributed by atoms with Gasteiger partial charge in [0.2, 0.25) is 5.91 Å². The summed E-state index contributed by atoms with van der Waals surface area (Å²) in [5, 5.41) is 4.16. The van der Waals surface area contributed by atoms with Crippen LogP contribution in [-0.4, -0.2) is 39.7 Å². The van der Waals surface area contributed by atoms with E-state index in [2.05, 4.69) is 16.0 Å². The van der Waals surface area contributed by atoms with Crippen LogP contribution in [0.5, 0.6) is 0 Å². The zero-order valence-corrected chi connectivity index (χ0v) is 13.7. The Morgan fingerprint density at radius 1 is 1.38 bits per heavy atom. The molecule has 0 bridgehead atoms. The molecule has 2 aromatic rings. The van der Waals surface area contributed by atoms with E-state index in [9.17, 15) is 9.18 Å².